The third-order valence-electron chi connectivity index (χ3n) is 7.59. The van der Waals surface area contributed by atoms with E-state index < -0.39 is 29.0 Å². The van der Waals surface area contributed by atoms with Gasteiger partial charge < -0.3 is 4.74 Å². The highest BCUT2D eigenvalue weighted by molar-refractivity contribution is 14.1. The summed E-state index contributed by atoms with van der Waals surface area (Å²) in [4.78, 5) is 19.7. The van der Waals surface area contributed by atoms with E-state index in [-0.39, 0.29) is 38.1 Å². The molecule has 0 saturated carbocycles. The number of nitrogens with zero attached hydrogens (tertiary/aromatic N) is 2. The Hall–Kier alpha value is -2.25. The van der Waals surface area contributed by atoms with Crippen molar-refractivity contribution in [2.75, 3.05) is 13.1 Å². The number of carbonyl (C=O) groups is 1. The molecule has 2 aromatic heterocycles. The predicted molar refractivity (Wildman–Crippen MR) is 151 cm³/mol. The monoisotopic (exact) mass is 675 g/mol. The maximum atomic E-state index is 16.8. The van der Waals surface area contributed by atoms with Crippen LogP contribution in [0.4, 0.5) is 22.4 Å². The number of alkyl halides is 4. The normalized spacial score (nSPS) is 20.0. The van der Waals surface area contributed by atoms with E-state index in [2.05, 4.69) is 27.6 Å². The van der Waals surface area contributed by atoms with Gasteiger partial charge in [0.1, 0.15) is 5.75 Å². The minimum atomic E-state index is -5.39. The third kappa shape index (κ3) is 6.25. The largest absolute Gasteiger partial charge is 0.442 e. The second-order valence-electron chi connectivity index (χ2n) is 10.4. The zero-order chi connectivity index (χ0) is 28.5. The van der Waals surface area contributed by atoms with Gasteiger partial charge in [-0.3, -0.25) is 15.2 Å². The number of thiophene rings is 1. The number of nitrogens with one attached hydrogen (secondary N) is 1. The van der Waals surface area contributed by atoms with Crippen molar-refractivity contribution < 1.29 is 27.1 Å². The lowest BCUT2D eigenvalue weighted by atomic mass is 9.72. The van der Waals surface area contributed by atoms with E-state index in [4.69, 9.17) is 4.74 Å². The summed E-state index contributed by atoms with van der Waals surface area (Å²) in [7, 11) is 0. The van der Waals surface area contributed by atoms with Crippen LogP contribution in [-0.2, 0) is 12.0 Å². The van der Waals surface area contributed by atoms with Crippen LogP contribution in [-0.4, -0.2) is 41.0 Å². The van der Waals surface area contributed by atoms with Gasteiger partial charge in [0.05, 0.1) is 2.88 Å². The summed E-state index contributed by atoms with van der Waals surface area (Å²) in [6.07, 6.45) is -5.18. The first-order valence-electron chi connectivity index (χ1n) is 12.5. The Balaban J connectivity index is 1.69. The van der Waals surface area contributed by atoms with Crippen LogP contribution in [0.15, 0.2) is 60.8 Å². The molecule has 0 radical (unpaired) electrons. The van der Waals surface area contributed by atoms with Crippen LogP contribution in [0.3, 0.4) is 0 Å². The number of rotatable bonds is 8. The Morgan fingerprint density at radius 1 is 1.13 bits per heavy atom. The lowest BCUT2D eigenvalue weighted by molar-refractivity contribution is -0.280. The second-order valence-corrected chi connectivity index (χ2v) is 13.5. The van der Waals surface area contributed by atoms with Crippen LogP contribution in [0.25, 0.3) is 0 Å². The highest BCUT2D eigenvalue weighted by Gasteiger charge is 2.71. The van der Waals surface area contributed by atoms with Crippen molar-refractivity contribution in [3.63, 3.8) is 0 Å². The minimum Gasteiger partial charge on any atom is -0.410 e. The Labute approximate surface area is 243 Å². The molecule has 2 unspecified atom stereocenters. The van der Waals surface area contributed by atoms with Crippen molar-refractivity contribution in [2.24, 2.45) is 5.41 Å². The molecule has 2 atom stereocenters. The second kappa shape index (κ2) is 11.3. The van der Waals surface area contributed by atoms with Crippen LogP contribution in [0.1, 0.15) is 42.8 Å². The zero-order valence-corrected chi connectivity index (χ0v) is 24.8. The number of benzene rings is 1. The van der Waals surface area contributed by atoms with Crippen molar-refractivity contribution in [3.8, 4) is 5.75 Å². The smallest absolute Gasteiger partial charge is 0.410 e. The number of aromatic nitrogens is 1. The Morgan fingerprint density at radius 2 is 1.85 bits per heavy atom. The van der Waals surface area contributed by atoms with Gasteiger partial charge in [-0.05, 0) is 105 Å². The van der Waals surface area contributed by atoms with E-state index in [0.29, 0.717) is 0 Å². The molecule has 11 heteroatoms. The molecule has 0 spiro atoms. The van der Waals surface area contributed by atoms with Crippen molar-refractivity contribution in [3.05, 3.63) is 79.8 Å². The molecule has 0 aliphatic carbocycles. The number of halogens is 5. The van der Waals surface area contributed by atoms with Gasteiger partial charge in [0, 0.05) is 34.3 Å². The first-order chi connectivity index (χ1) is 18.3. The molecule has 1 aromatic carbocycles. The van der Waals surface area contributed by atoms with E-state index in [1.807, 2.05) is 49.9 Å². The molecule has 0 bridgehead atoms. The van der Waals surface area contributed by atoms with E-state index >= 15 is 4.39 Å². The van der Waals surface area contributed by atoms with Crippen LogP contribution < -0.4 is 10.1 Å². The number of ether oxygens (including phenoxy) is 1. The summed E-state index contributed by atoms with van der Waals surface area (Å²) in [5.41, 5.74) is -1.06. The molecule has 39 heavy (non-hydrogen) atoms. The fraction of sp³-hybridized carbons (Fsp3) is 0.429. The predicted octanol–water partition coefficient (Wildman–Crippen LogP) is 7.63. The molecule has 1 amide bonds. The van der Waals surface area contributed by atoms with Gasteiger partial charge in [0.25, 0.3) is 5.79 Å². The fourth-order valence-electron chi connectivity index (χ4n) is 5.13. The summed E-state index contributed by atoms with van der Waals surface area (Å²) in [5, 5.41) is 1.64. The lowest BCUT2D eigenvalue weighted by Gasteiger charge is -2.45. The maximum Gasteiger partial charge on any atom is 0.442 e. The average Bonchev–Trinajstić information content (AvgIpc) is 3.50. The molecular formula is C28H30F4IN3O2S. The van der Waals surface area contributed by atoms with E-state index in [1.165, 1.54) is 23.5 Å². The van der Waals surface area contributed by atoms with Crippen LogP contribution in [0.5, 0.6) is 5.75 Å². The SMILES string of the molecule is Cc1ccc(C(C)(C)N2CCC(CCc3ccc(I)s3)(C(F)(NC(=O)Oc3ccccc3)C(F)(F)F)C2)cn1. The fourth-order valence-corrected chi connectivity index (χ4v) is 6.89. The summed E-state index contributed by atoms with van der Waals surface area (Å²) in [6, 6.07) is 15.1. The molecule has 5 nitrogen and oxygen atoms in total. The van der Waals surface area contributed by atoms with Gasteiger partial charge in [-0.1, -0.05) is 24.3 Å². The molecular weight excluding hydrogens is 645 g/mol. The summed E-state index contributed by atoms with van der Waals surface area (Å²) >= 11 is 3.60. The maximum absolute atomic E-state index is 16.8. The summed E-state index contributed by atoms with van der Waals surface area (Å²) in [5.74, 6) is -4.02. The van der Waals surface area contributed by atoms with Crippen molar-refractivity contribution in [2.45, 2.75) is 57.5 Å². The number of aryl methyl sites for hydroxylation is 2. The van der Waals surface area contributed by atoms with Crippen molar-refractivity contribution >= 4 is 40.0 Å². The number of hydrogen-bond donors (Lipinski definition) is 1. The molecule has 1 saturated heterocycles. The first-order valence-corrected chi connectivity index (χ1v) is 14.4. The van der Waals surface area contributed by atoms with Gasteiger partial charge in [-0.15, -0.1) is 11.3 Å². The highest BCUT2D eigenvalue weighted by atomic mass is 127. The van der Waals surface area contributed by atoms with Gasteiger partial charge in [-0.25, -0.2) is 9.18 Å². The third-order valence-corrected chi connectivity index (χ3v) is 9.54. The van der Waals surface area contributed by atoms with Gasteiger partial charge in [-0.2, -0.15) is 13.2 Å². The molecule has 3 aromatic rings. The van der Waals surface area contributed by atoms with Crippen LogP contribution >= 0.6 is 33.9 Å². The number of hydrogen-bond acceptors (Lipinski definition) is 5. The first kappa shape index (κ1) is 29.7. The molecule has 1 aliphatic rings. The molecule has 4 rings (SSSR count). The van der Waals surface area contributed by atoms with E-state index in [1.54, 1.807) is 29.7 Å². The molecule has 1 N–H and O–H groups in total. The quantitative estimate of drug-likeness (QED) is 0.152. The number of amides is 1. The molecule has 1 aliphatic heterocycles. The number of likely N-dealkylation sites (tertiary alicyclic amines) is 1. The Bertz CT molecular complexity index is 1290. The average molecular weight is 676 g/mol. The number of carbonyl (C=O) groups excluding carboxylic acids is 1. The standard InChI is InChI=1S/C28H30F4IN3O2S/c1-19-9-10-20(17-34-19)25(2,3)36-16-15-26(18-36,14-13-22-11-12-23(33)39-22)27(29,28(30,31)32)35-24(37)38-21-7-5-4-6-8-21/h4-12,17H,13-16,18H2,1-3H3,(H,35,37). The van der Waals surface area contributed by atoms with Crippen LogP contribution in [0.2, 0.25) is 0 Å². The number of pyridine rings is 1. The Kier molecular flexibility index (Phi) is 8.63. The van der Waals surface area contributed by atoms with Crippen LogP contribution in [0, 0.1) is 15.2 Å². The van der Waals surface area contributed by atoms with Gasteiger partial charge >= 0.3 is 12.3 Å². The summed E-state index contributed by atoms with van der Waals surface area (Å²) in [6.45, 7) is 5.62. The molecule has 1 fully saturated rings. The minimum absolute atomic E-state index is 0.0165. The topological polar surface area (TPSA) is 54.5 Å². The summed E-state index contributed by atoms with van der Waals surface area (Å²) < 4.78 is 67.0. The highest BCUT2D eigenvalue weighted by Crippen LogP contribution is 2.54. The van der Waals surface area contributed by atoms with Crippen molar-refractivity contribution in [1.82, 2.24) is 15.2 Å². The zero-order valence-electron chi connectivity index (χ0n) is 21.8. The van der Waals surface area contributed by atoms with E-state index in [9.17, 15) is 18.0 Å². The van der Waals surface area contributed by atoms with Gasteiger partial charge in [0.15, 0.2) is 0 Å². The lowest BCUT2D eigenvalue weighted by Crippen LogP contribution is -2.67. The Morgan fingerprint density at radius 3 is 2.44 bits per heavy atom. The van der Waals surface area contributed by atoms with E-state index in [0.717, 1.165) is 19.0 Å². The number of para-hydroxylation sites is 1. The van der Waals surface area contributed by atoms with Gasteiger partial charge in [0.2, 0.25) is 0 Å². The van der Waals surface area contributed by atoms with Crippen molar-refractivity contribution in [1.29, 1.82) is 0 Å². The molecule has 210 valence electrons. The molecule has 3 heterocycles.